The lowest BCUT2D eigenvalue weighted by Crippen LogP contribution is -2.56. The average molecular weight is 358 g/mol. The van der Waals surface area contributed by atoms with Gasteiger partial charge in [0.25, 0.3) is 5.91 Å². The van der Waals surface area contributed by atoms with E-state index in [0.717, 1.165) is 43.4 Å². The molecule has 1 saturated carbocycles. The molecule has 0 atom stereocenters. The summed E-state index contributed by atoms with van der Waals surface area (Å²) in [6, 6.07) is 7.82. The van der Waals surface area contributed by atoms with Crippen molar-refractivity contribution in [1.82, 2.24) is 5.32 Å². The van der Waals surface area contributed by atoms with Crippen LogP contribution in [0, 0.1) is 0 Å². The first kappa shape index (κ1) is 18.4. The van der Waals surface area contributed by atoms with Gasteiger partial charge in [-0.2, -0.15) is 0 Å². The number of rotatable bonds is 4. The summed E-state index contributed by atoms with van der Waals surface area (Å²) >= 11 is 0. The van der Waals surface area contributed by atoms with Gasteiger partial charge in [-0.05, 0) is 37.3 Å². The van der Waals surface area contributed by atoms with Crippen LogP contribution in [0.15, 0.2) is 24.3 Å². The van der Waals surface area contributed by atoms with Gasteiger partial charge in [-0.3, -0.25) is 9.59 Å². The van der Waals surface area contributed by atoms with E-state index < -0.39 is 11.5 Å². The first-order chi connectivity index (χ1) is 12.5. The number of para-hydroxylation sites is 1. The molecular formula is C20H26N2O4. The van der Waals surface area contributed by atoms with E-state index in [1.165, 1.54) is 6.92 Å². The highest BCUT2D eigenvalue weighted by molar-refractivity contribution is 5.97. The van der Waals surface area contributed by atoms with E-state index in [-0.39, 0.29) is 18.4 Å². The Bertz CT molecular complexity index is 695. The molecule has 1 fully saturated rings. The Balaban J connectivity index is 1.65. The summed E-state index contributed by atoms with van der Waals surface area (Å²) in [5.74, 6) is -0.967. The normalized spacial score (nSPS) is 18.6. The number of anilines is 1. The van der Waals surface area contributed by atoms with E-state index in [4.69, 9.17) is 4.74 Å². The van der Waals surface area contributed by atoms with Crippen LogP contribution in [0.3, 0.4) is 0 Å². The average Bonchev–Trinajstić information content (AvgIpc) is 2.65. The van der Waals surface area contributed by atoms with Crippen molar-refractivity contribution in [2.45, 2.75) is 57.4 Å². The molecule has 0 unspecified atom stereocenters. The second-order valence-electron chi connectivity index (χ2n) is 7.18. The van der Waals surface area contributed by atoms with Gasteiger partial charge in [0.15, 0.2) is 6.61 Å². The van der Waals surface area contributed by atoms with Gasteiger partial charge >= 0.3 is 5.97 Å². The van der Waals surface area contributed by atoms with Crippen molar-refractivity contribution in [3.63, 3.8) is 0 Å². The van der Waals surface area contributed by atoms with Crippen molar-refractivity contribution in [2.75, 3.05) is 18.1 Å². The smallest absolute Gasteiger partial charge is 0.332 e. The number of esters is 1. The number of hydrogen-bond acceptors (Lipinski definition) is 4. The van der Waals surface area contributed by atoms with Crippen molar-refractivity contribution in [3.8, 4) is 0 Å². The third-order valence-corrected chi connectivity index (χ3v) is 5.25. The number of nitrogens with one attached hydrogen (secondary N) is 1. The van der Waals surface area contributed by atoms with Gasteiger partial charge in [0.1, 0.15) is 5.54 Å². The van der Waals surface area contributed by atoms with E-state index in [0.29, 0.717) is 19.4 Å². The molecule has 6 nitrogen and oxygen atoms in total. The van der Waals surface area contributed by atoms with Crippen molar-refractivity contribution in [2.24, 2.45) is 0 Å². The molecule has 0 radical (unpaired) electrons. The molecule has 0 spiro atoms. The van der Waals surface area contributed by atoms with Gasteiger partial charge in [-0.25, -0.2) is 4.79 Å². The van der Waals surface area contributed by atoms with Crippen LogP contribution >= 0.6 is 0 Å². The summed E-state index contributed by atoms with van der Waals surface area (Å²) < 4.78 is 5.37. The summed E-state index contributed by atoms with van der Waals surface area (Å²) in [6.07, 6.45) is 5.74. The van der Waals surface area contributed by atoms with Crippen LogP contribution in [0.5, 0.6) is 0 Å². The molecule has 0 saturated heterocycles. The van der Waals surface area contributed by atoms with Crippen molar-refractivity contribution in [3.05, 3.63) is 29.8 Å². The molecule has 1 heterocycles. The quantitative estimate of drug-likeness (QED) is 0.839. The number of ether oxygens (including phenoxy) is 1. The topological polar surface area (TPSA) is 75.7 Å². The molecule has 6 heteroatoms. The molecule has 0 bridgehead atoms. The minimum absolute atomic E-state index is 0.223. The monoisotopic (exact) mass is 358 g/mol. The highest BCUT2D eigenvalue weighted by atomic mass is 16.5. The second-order valence-corrected chi connectivity index (χ2v) is 7.18. The zero-order valence-corrected chi connectivity index (χ0v) is 15.3. The largest absolute Gasteiger partial charge is 0.454 e. The van der Waals surface area contributed by atoms with E-state index in [1.807, 2.05) is 24.3 Å². The maximum absolute atomic E-state index is 12.7. The molecule has 3 rings (SSSR count). The number of carbonyl (C=O) groups is 3. The van der Waals surface area contributed by atoms with Crippen LogP contribution in [0.1, 0.15) is 51.0 Å². The first-order valence-electron chi connectivity index (χ1n) is 9.36. The summed E-state index contributed by atoms with van der Waals surface area (Å²) in [5.41, 5.74) is 1.05. The lowest BCUT2D eigenvalue weighted by Gasteiger charge is -2.35. The Morgan fingerprint density at radius 1 is 1.12 bits per heavy atom. The fourth-order valence-corrected chi connectivity index (χ4v) is 4.01. The maximum Gasteiger partial charge on any atom is 0.332 e. The van der Waals surface area contributed by atoms with Crippen LogP contribution < -0.4 is 10.2 Å². The molecule has 1 aliphatic heterocycles. The number of amides is 2. The third-order valence-electron chi connectivity index (χ3n) is 5.25. The van der Waals surface area contributed by atoms with Gasteiger partial charge in [-0.15, -0.1) is 0 Å². The summed E-state index contributed by atoms with van der Waals surface area (Å²) in [4.78, 5) is 38.6. The summed E-state index contributed by atoms with van der Waals surface area (Å²) in [5, 5.41) is 2.78. The van der Waals surface area contributed by atoms with Crippen LogP contribution in [0.4, 0.5) is 5.69 Å². The van der Waals surface area contributed by atoms with E-state index in [1.54, 1.807) is 4.90 Å². The number of benzene rings is 1. The minimum atomic E-state index is -0.982. The van der Waals surface area contributed by atoms with Crippen molar-refractivity contribution >= 4 is 23.5 Å². The van der Waals surface area contributed by atoms with Crippen LogP contribution in [0.2, 0.25) is 0 Å². The Hall–Kier alpha value is -2.37. The van der Waals surface area contributed by atoms with Crippen LogP contribution in [0.25, 0.3) is 0 Å². The van der Waals surface area contributed by atoms with E-state index in [2.05, 4.69) is 5.32 Å². The third kappa shape index (κ3) is 3.89. The molecular weight excluding hydrogens is 332 g/mol. The van der Waals surface area contributed by atoms with Gasteiger partial charge in [0.05, 0.1) is 0 Å². The maximum atomic E-state index is 12.7. The fraction of sp³-hybridized carbons (Fsp3) is 0.550. The van der Waals surface area contributed by atoms with Gasteiger partial charge in [0, 0.05) is 19.2 Å². The summed E-state index contributed by atoms with van der Waals surface area (Å²) in [7, 11) is 0. The number of aryl methyl sites for hydroxylation is 1. The fourth-order valence-electron chi connectivity index (χ4n) is 4.01. The zero-order chi connectivity index (χ0) is 18.6. The highest BCUT2D eigenvalue weighted by Gasteiger charge is 2.42. The summed E-state index contributed by atoms with van der Waals surface area (Å²) in [6.45, 7) is 1.73. The molecule has 2 amide bonds. The Labute approximate surface area is 153 Å². The van der Waals surface area contributed by atoms with Gasteiger partial charge < -0.3 is 15.0 Å². The Morgan fingerprint density at radius 3 is 2.58 bits per heavy atom. The van der Waals surface area contributed by atoms with E-state index >= 15 is 0 Å². The Morgan fingerprint density at radius 2 is 1.85 bits per heavy atom. The molecule has 2 aliphatic rings. The molecule has 140 valence electrons. The standard InChI is InChI=1S/C20H26N2O4/c1-15(23)21-20(11-5-2-6-12-20)19(25)26-14-18(24)22-13-7-9-16-8-3-4-10-17(16)22/h3-4,8,10H,2,5-7,9,11-14H2,1H3,(H,21,23). The van der Waals surface area contributed by atoms with Gasteiger partial charge in [0.2, 0.25) is 5.91 Å². The molecule has 26 heavy (non-hydrogen) atoms. The highest BCUT2D eigenvalue weighted by Crippen LogP contribution is 2.30. The van der Waals surface area contributed by atoms with Crippen LogP contribution in [-0.4, -0.2) is 36.5 Å². The molecule has 0 aromatic heterocycles. The molecule has 1 N–H and O–H groups in total. The van der Waals surface area contributed by atoms with E-state index in [9.17, 15) is 14.4 Å². The molecule has 1 aromatic carbocycles. The van der Waals surface area contributed by atoms with Crippen molar-refractivity contribution < 1.29 is 19.1 Å². The number of carbonyl (C=O) groups excluding carboxylic acids is 3. The number of hydrogen-bond donors (Lipinski definition) is 1. The first-order valence-corrected chi connectivity index (χ1v) is 9.36. The zero-order valence-electron chi connectivity index (χ0n) is 15.3. The molecule has 1 aliphatic carbocycles. The number of fused-ring (bicyclic) bond motifs is 1. The predicted octanol–water partition coefficient (Wildman–Crippen LogP) is 2.35. The second kappa shape index (κ2) is 7.89. The molecule has 1 aromatic rings. The predicted molar refractivity (Wildman–Crippen MR) is 97.7 cm³/mol. The minimum Gasteiger partial charge on any atom is -0.454 e. The SMILES string of the molecule is CC(=O)NC1(C(=O)OCC(=O)N2CCCc3ccccc32)CCCCC1. The lowest BCUT2D eigenvalue weighted by atomic mass is 9.81. The van der Waals surface area contributed by atoms with Crippen LogP contribution in [-0.2, 0) is 25.5 Å². The number of nitrogens with zero attached hydrogens (tertiary/aromatic N) is 1. The lowest BCUT2D eigenvalue weighted by molar-refractivity contribution is -0.157. The van der Waals surface area contributed by atoms with Crippen molar-refractivity contribution in [1.29, 1.82) is 0 Å². The Kier molecular flexibility index (Phi) is 5.59. The van der Waals surface area contributed by atoms with Gasteiger partial charge in [-0.1, -0.05) is 37.5 Å².